The van der Waals surface area contributed by atoms with Gasteiger partial charge in [0.2, 0.25) is 0 Å². The third kappa shape index (κ3) is 5.68. The van der Waals surface area contributed by atoms with Crippen molar-refractivity contribution in [2.45, 2.75) is 51.6 Å². The fourth-order valence-corrected chi connectivity index (χ4v) is 4.58. The summed E-state index contributed by atoms with van der Waals surface area (Å²) in [5.41, 5.74) is 3.49. The summed E-state index contributed by atoms with van der Waals surface area (Å²) in [5, 5.41) is 10.3. The van der Waals surface area contributed by atoms with E-state index in [4.69, 9.17) is 21.3 Å². The average molecular weight is 450 g/mol. The van der Waals surface area contributed by atoms with Crippen molar-refractivity contribution in [3.8, 4) is 17.0 Å². The molecule has 0 atom stereocenters. The minimum atomic E-state index is -0.931. The van der Waals surface area contributed by atoms with Crippen LogP contribution in [-0.4, -0.2) is 16.1 Å². The molecule has 5 heteroatoms. The molecule has 1 aliphatic rings. The van der Waals surface area contributed by atoms with Crippen LogP contribution in [0.1, 0.15) is 60.1 Å². The second kappa shape index (κ2) is 10.6. The van der Waals surface area contributed by atoms with Crippen molar-refractivity contribution in [3.05, 3.63) is 82.5 Å². The van der Waals surface area contributed by atoms with Crippen LogP contribution in [0.4, 0.5) is 0 Å². The van der Waals surface area contributed by atoms with Gasteiger partial charge in [0, 0.05) is 10.6 Å². The summed E-state index contributed by atoms with van der Waals surface area (Å²) in [7, 11) is 0. The molecule has 1 aliphatic carbocycles. The number of ether oxygens (including phenoxy) is 1. The lowest BCUT2D eigenvalue weighted by Gasteiger charge is -2.21. The van der Waals surface area contributed by atoms with Crippen LogP contribution >= 0.6 is 11.6 Å². The van der Waals surface area contributed by atoms with E-state index in [2.05, 4.69) is 0 Å². The first-order valence-corrected chi connectivity index (χ1v) is 11.7. The van der Waals surface area contributed by atoms with Gasteiger partial charge in [0.25, 0.3) is 0 Å². The highest BCUT2D eigenvalue weighted by Gasteiger charge is 2.19. The first kappa shape index (κ1) is 22.3. The molecule has 0 spiro atoms. The smallest absolute Gasteiger partial charge is 0.337 e. The summed E-state index contributed by atoms with van der Waals surface area (Å²) in [5.74, 6) is 0.366. The van der Waals surface area contributed by atoms with E-state index >= 15 is 0 Å². The maximum atomic E-state index is 11.8. The predicted molar refractivity (Wildman–Crippen MR) is 127 cm³/mol. The van der Waals surface area contributed by atoms with Crippen LogP contribution in [0.5, 0.6) is 5.75 Å². The fraction of sp³-hybridized carbons (Fsp3) is 0.333. The number of aryl methyl sites for hydroxylation is 1. The van der Waals surface area contributed by atoms with Crippen LogP contribution in [0.2, 0.25) is 5.02 Å². The molecule has 32 heavy (non-hydrogen) atoms. The van der Waals surface area contributed by atoms with E-state index in [-0.39, 0.29) is 5.56 Å². The molecule has 0 unspecified atom stereocenters. The highest BCUT2D eigenvalue weighted by atomic mass is 35.5. The third-order valence-corrected chi connectivity index (χ3v) is 6.41. The van der Waals surface area contributed by atoms with E-state index in [1.54, 1.807) is 24.3 Å². The molecule has 166 valence electrons. The minimum absolute atomic E-state index is 0.283. The normalized spacial score (nSPS) is 14.3. The quantitative estimate of drug-likeness (QED) is 0.395. The number of hydrogen-bond acceptors (Lipinski definition) is 3. The van der Waals surface area contributed by atoms with Crippen molar-refractivity contribution in [3.63, 3.8) is 0 Å². The zero-order chi connectivity index (χ0) is 22.3. The topological polar surface area (TPSA) is 59.4 Å². The number of benzene rings is 2. The van der Waals surface area contributed by atoms with Gasteiger partial charge in [-0.15, -0.1) is 0 Å². The highest BCUT2D eigenvalue weighted by Crippen LogP contribution is 2.33. The third-order valence-electron chi connectivity index (χ3n) is 6.18. The number of rotatable bonds is 8. The van der Waals surface area contributed by atoms with Gasteiger partial charge in [-0.2, -0.15) is 0 Å². The van der Waals surface area contributed by atoms with Gasteiger partial charge in [0.05, 0.1) is 17.0 Å². The molecule has 1 saturated carbocycles. The molecule has 1 heterocycles. The van der Waals surface area contributed by atoms with Gasteiger partial charge in [0.15, 0.2) is 0 Å². The zero-order valence-corrected chi connectivity index (χ0v) is 18.9. The Hall–Kier alpha value is -2.85. The van der Waals surface area contributed by atoms with E-state index in [0.717, 1.165) is 17.5 Å². The Labute approximate surface area is 194 Å². The maximum Gasteiger partial charge on any atom is 0.337 e. The number of aromatic carboxylic acids is 1. The van der Waals surface area contributed by atoms with Crippen LogP contribution in [0, 0.1) is 5.92 Å². The summed E-state index contributed by atoms with van der Waals surface area (Å²) in [6.45, 7) is 0.413. The summed E-state index contributed by atoms with van der Waals surface area (Å²) in [4.78, 5) is 16.6. The molecule has 4 nitrogen and oxygen atoms in total. The molecule has 3 aromatic rings. The van der Waals surface area contributed by atoms with Gasteiger partial charge in [-0.1, -0.05) is 74.0 Å². The first-order chi connectivity index (χ1) is 15.6. The molecule has 0 radical (unpaired) electrons. The first-order valence-electron chi connectivity index (χ1n) is 11.3. The number of carboxylic acid groups (broad SMARTS) is 1. The Kier molecular flexibility index (Phi) is 7.43. The van der Waals surface area contributed by atoms with Gasteiger partial charge >= 0.3 is 5.97 Å². The summed E-state index contributed by atoms with van der Waals surface area (Å²) >= 11 is 6.24. The van der Waals surface area contributed by atoms with Crippen LogP contribution in [0.3, 0.4) is 0 Å². The standard InChI is InChI=1S/C27H28ClNO3/c28-21-12-13-22(26(17-21)32-18-20-9-5-2-6-10-20)24-16-14-23(27(30)31)25(29-24)15-11-19-7-3-1-4-8-19/h2,5-6,9-10,12-14,16-17,19H,1,3-4,7-8,11,15,18H2,(H,30,31). The van der Waals surface area contributed by atoms with Crippen molar-refractivity contribution in [2.75, 3.05) is 0 Å². The van der Waals surface area contributed by atoms with Crippen LogP contribution in [0.25, 0.3) is 11.3 Å². The minimum Gasteiger partial charge on any atom is -0.488 e. The Balaban J connectivity index is 1.60. The van der Waals surface area contributed by atoms with Crippen molar-refractivity contribution < 1.29 is 14.6 Å². The van der Waals surface area contributed by atoms with E-state index < -0.39 is 5.97 Å². The Bertz CT molecular complexity index is 1060. The van der Waals surface area contributed by atoms with Crippen LogP contribution < -0.4 is 4.74 Å². The summed E-state index contributed by atoms with van der Waals surface area (Å²) in [6, 6.07) is 18.8. The van der Waals surface area contributed by atoms with Gasteiger partial charge < -0.3 is 9.84 Å². The Morgan fingerprint density at radius 2 is 1.81 bits per heavy atom. The van der Waals surface area contributed by atoms with Gasteiger partial charge in [-0.3, -0.25) is 4.98 Å². The monoisotopic (exact) mass is 449 g/mol. The SMILES string of the molecule is O=C(O)c1ccc(-c2ccc(Cl)cc2OCc2ccccc2)nc1CCC1CCCCC1. The van der Waals surface area contributed by atoms with Gasteiger partial charge in [-0.25, -0.2) is 4.79 Å². The van der Waals surface area contributed by atoms with Crippen molar-refractivity contribution in [1.82, 2.24) is 4.98 Å². The number of carbonyl (C=O) groups is 1. The molecule has 0 aliphatic heterocycles. The number of aromatic nitrogens is 1. The van der Waals surface area contributed by atoms with Crippen molar-refractivity contribution >= 4 is 17.6 Å². The van der Waals surface area contributed by atoms with E-state index in [9.17, 15) is 9.90 Å². The highest BCUT2D eigenvalue weighted by molar-refractivity contribution is 6.30. The van der Waals surface area contributed by atoms with Gasteiger partial charge in [-0.05, 0) is 54.7 Å². The molecule has 0 amide bonds. The number of nitrogens with zero attached hydrogens (tertiary/aromatic N) is 1. The van der Waals surface area contributed by atoms with E-state index in [0.29, 0.717) is 41.1 Å². The van der Waals surface area contributed by atoms with Crippen molar-refractivity contribution in [1.29, 1.82) is 0 Å². The largest absolute Gasteiger partial charge is 0.488 e. The molecular weight excluding hydrogens is 422 g/mol. The lowest BCUT2D eigenvalue weighted by atomic mass is 9.85. The van der Waals surface area contributed by atoms with E-state index in [1.165, 1.54) is 32.1 Å². The summed E-state index contributed by atoms with van der Waals surface area (Å²) < 4.78 is 6.09. The van der Waals surface area contributed by atoms with Crippen molar-refractivity contribution in [2.24, 2.45) is 5.92 Å². The number of halogens is 1. The molecule has 1 fully saturated rings. The fourth-order valence-electron chi connectivity index (χ4n) is 4.42. The van der Waals surface area contributed by atoms with Crippen LogP contribution in [0.15, 0.2) is 60.7 Å². The second-order valence-corrected chi connectivity index (χ2v) is 8.89. The second-order valence-electron chi connectivity index (χ2n) is 8.45. The predicted octanol–water partition coefficient (Wildman–Crippen LogP) is 7.19. The Morgan fingerprint density at radius 1 is 1.03 bits per heavy atom. The molecule has 1 aromatic heterocycles. The zero-order valence-electron chi connectivity index (χ0n) is 18.1. The van der Waals surface area contributed by atoms with Crippen LogP contribution in [-0.2, 0) is 13.0 Å². The average Bonchev–Trinajstić information content (AvgIpc) is 2.82. The molecule has 0 bridgehead atoms. The lowest BCUT2D eigenvalue weighted by Crippen LogP contribution is -2.11. The van der Waals surface area contributed by atoms with E-state index in [1.807, 2.05) is 36.4 Å². The molecule has 1 N–H and O–H groups in total. The lowest BCUT2D eigenvalue weighted by molar-refractivity contribution is 0.0695. The number of hydrogen-bond donors (Lipinski definition) is 1. The molecular formula is C27H28ClNO3. The molecule has 4 rings (SSSR count). The number of pyridine rings is 1. The molecule has 0 saturated heterocycles. The maximum absolute atomic E-state index is 11.8. The summed E-state index contributed by atoms with van der Waals surface area (Å²) in [6.07, 6.45) is 7.98. The molecule has 2 aromatic carbocycles. The Morgan fingerprint density at radius 3 is 2.56 bits per heavy atom. The van der Waals surface area contributed by atoms with Gasteiger partial charge in [0.1, 0.15) is 12.4 Å². The number of carboxylic acids is 1.